The molecule has 3 unspecified atom stereocenters. The molecule has 1 spiro atoms. The van der Waals surface area contributed by atoms with Crippen molar-refractivity contribution in [3.8, 4) is 0 Å². The van der Waals surface area contributed by atoms with E-state index in [0.29, 0.717) is 23.5 Å². The van der Waals surface area contributed by atoms with Gasteiger partial charge in [0, 0.05) is 48.9 Å². The molecule has 7 heteroatoms. The molecule has 1 aromatic heterocycles. The fourth-order valence-corrected chi connectivity index (χ4v) is 6.11. The molecule has 4 rings (SSSR count). The van der Waals surface area contributed by atoms with Crippen molar-refractivity contribution in [3.63, 3.8) is 0 Å². The molecule has 2 aliphatic carbocycles. The minimum Gasteiger partial charge on any atom is -0.377 e. The number of aliphatic imine (C=N–C) groups is 1. The first kappa shape index (κ1) is 20.3. The lowest BCUT2D eigenvalue weighted by atomic mass is 9.54. The number of guanidine groups is 1. The Labute approximate surface area is 177 Å². The first-order valence-electron chi connectivity index (χ1n) is 9.66. The van der Waals surface area contributed by atoms with Crippen molar-refractivity contribution in [1.82, 2.24) is 15.6 Å². The summed E-state index contributed by atoms with van der Waals surface area (Å²) in [6.45, 7) is 6.03. The minimum absolute atomic E-state index is 0. The molecule has 3 atom stereocenters. The van der Waals surface area contributed by atoms with Crippen LogP contribution in [0.2, 0.25) is 0 Å². The zero-order valence-corrected chi connectivity index (χ0v) is 19.2. The van der Waals surface area contributed by atoms with Crippen LogP contribution in [0.1, 0.15) is 47.7 Å². The van der Waals surface area contributed by atoms with Gasteiger partial charge >= 0.3 is 0 Å². The minimum atomic E-state index is 0. The number of nitrogens with zero attached hydrogens (tertiary/aromatic N) is 2. The zero-order chi connectivity index (χ0) is 17.4. The lowest BCUT2D eigenvalue weighted by molar-refractivity contribution is -0.125. The van der Waals surface area contributed by atoms with Crippen LogP contribution in [-0.2, 0) is 11.2 Å². The number of halogens is 1. The smallest absolute Gasteiger partial charge is 0.191 e. The molecular formula is C19H31IN4OS. The summed E-state index contributed by atoms with van der Waals surface area (Å²) < 4.78 is 6.08. The summed E-state index contributed by atoms with van der Waals surface area (Å²) in [7, 11) is 1.87. The summed E-state index contributed by atoms with van der Waals surface area (Å²) in [6.07, 6.45) is 7.94. The molecular weight excluding hydrogens is 459 g/mol. The third kappa shape index (κ3) is 3.51. The van der Waals surface area contributed by atoms with Gasteiger partial charge < -0.3 is 15.4 Å². The van der Waals surface area contributed by atoms with Crippen LogP contribution in [0.15, 0.2) is 4.99 Å². The van der Waals surface area contributed by atoms with Crippen molar-refractivity contribution in [2.45, 2.75) is 64.5 Å². The van der Waals surface area contributed by atoms with E-state index in [4.69, 9.17) is 4.74 Å². The molecule has 2 heterocycles. The third-order valence-corrected chi connectivity index (χ3v) is 7.64. The summed E-state index contributed by atoms with van der Waals surface area (Å²) in [5, 5.41) is 8.46. The van der Waals surface area contributed by atoms with Crippen molar-refractivity contribution in [2.24, 2.45) is 16.3 Å². The molecule has 1 aliphatic heterocycles. The Hall–Kier alpha value is -0.410. The maximum atomic E-state index is 6.08. The number of fused-ring (bicyclic) bond motifs is 2. The molecule has 26 heavy (non-hydrogen) atoms. The van der Waals surface area contributed by atoms with Crippen LogP contribution in [0.4, 0.5) is 0 Å². The average Bonchev–Trinajstić information content (AvgIpc) is 3.31. The Morgan fingerprint density at radius 3 is 2.77 bits per heavy atom. The molecule has 1 saturated heterocycles. The monoisotopic (exact) mass is 490 g/mol. The first-order valence-corrected chi connectivity index (χ1v) is 10.5. The molecule has 2 N–H and O–H groups in total. The Balaban J connectivity index is 0.00000196. The molecule has 0 amide bonds. The van der Waals surface area contributed by atoms with Crippen LogP contribution in [0, 0.1) is 25.2 Å². The van der Waals surface area contributed by atoms with Gasteiger partial charge in [-0.15, -0.1) is 35.3 Å². The molecule has 3 aliphatic rings. The highest BCUT2D eigenvalue weighted by atomic mass is 127. The SMILES string of the molecule is CN=C(NCCc1nc(C)c(C)s1)NC1C2CCOC2C12CCCC2.I. The van der Waals surface area contributed by atoms with Gasteiger partial charge in [0.25, 0.3) is 0 Å². The number of hydrogen-bond acceptors (Lipinski definition) is 4. The summed E-state index contributed by atoms with van der Waals surface area (Å²) >= 11 is 1.80. The number of aryl methyl sites for hydroxylation is 2. The maximum absolute atomic E-state index is 6.08. The number of thiazole rings is 1. The Morgan fingerprint density at radius 1 is 1.35 bits per heavy atom. The normalized spacial score (nSPS) is 29.2. The van der Waals surface area contributed by atoms with Gasteiger partial charge in [-0.25, -0.2) is 4.98 Å². The van der Waals surface area contributed by atoms with E-state index in [2.05, 4.69) is 34.5 Å². The summed E-state index contributed by atoms with van der Waals surface area (Å²) in [5.41, 5.74) is 1.52. The Kier molecular flexibility index (Phi) is 6.49. The van der Waals surface area contributed by atoms with Gasteiger partial charge in [0.15, 0.2) is 5.96 Å². The molecule has 2 saturated carbocycles. The fourth-order valence-electron chi connectivity index (χ4n) is 5.18. The van der Waals surface area contributed by atoms with E-state index in [0.717, 1.165) is 31.2 Å². The average molecular weight is 490 g/mol. The fraction of sp³-hybridized carbons (Fsp3) is 0.789. The van der Waals surface area contributed by atoms with Crippen LogP contribution >= 0.6 is 35.3 Å². The lowest BCUT2D eigenvalue weighted by Crippen LogP contribution is -2.69. The van der Waals surface area contributed by atoms with Gasteiger partial charge in [0.2, 0.25) is 0 Å². The molecule has 146 valence electrons. The van der Waals surface area contributed by atoms with Crippen molar-refractivity contribution in [1.29, 1.82) is 0 Å². The van der Waals surface area contributed by atoms with E-state index in [9.17, 15) is 0 Å². The molecule has 0 bridgehead atoms. The highest BCUT2D eigenvalue weighted by Crippen LogP contribution is 2.60. The van der Waals surface area contributed by atoms with Crippen LogP contribution < -0.4 is 10.6 Å². The Bertz CT molecular complexity index is 636. The van der Waals surface area contributed by atoms with Crippen molar-refractivity contribution in [3.05, 3.63) is 15.6 Å². The number of aromatic nitrogens is 1. The van der Waals surface area contributed by atoms with Crippen LogP contribution in [0.5, 0.6) is 0 Å². The molecule has 1 aromatic rings. The van der Waals surface area contributed by atoms with Crippen LogP contribution in [-0.4, -0.2) is 43.3 Å². The second-order valence-corrected chi connectivity index (χ2v) is 9.09. The van der Waals surface area contributed by atoms with E-state index in [1.165, 1.54) is 42.0 Å². The number of ether oxygens (including phenoxy) is 1. The topological polar surface area (TPSA) is 58.5 Å². The first-order chi connectivity index (χ1) is 12.1. The third-order valence-electron chi connectivity index (χ3n) is 6.51. The second-order valence-electron chi connectivity index (χ2n) is 7.80. The standard InChI is InChI=1S/C19H30N4OS.HI/c1-12-13(2)25-15(22-12)6-10-21-18(20-3)23-16-14-7-11-24-17(14)19(16)8-4-5-9-19;/h14,16-17H,4-11H2,1-3H3,(H2,20,21,23);1H. The van der Waals surface area contributed by atoms with Gasteiger partial charge in [0.1, 0.15) is 0 Å². The second kappa shape index (κ2) is 8.31. The summed E-state index contributed by atoms with van der Waals surface area (Å²) in [5.74, 6) is 1.60. The number of nitrogens with one attached hydrogen (secondary N) is 2. The van der Waals surface area contributed by atoms with Crippen molar-refractivity contribution in [2.75, 3.05) is 20.2 Å². The molecule has 0 radical (unpaired) electrons. The van der Waals surface area contributed by atoms with Gasteiger partial charge in [-0.2, -0.15) is 0 Å². The van der Waals surface area contributed by atoms with Gasteiger partial charge in [-0.3, -0.25) is 4.99 Å². The highest BCUT2D eigenvalue weighted by molar-refractivity contribution is 14.0. The molecule has 0 aromatic carbocycles. The number of rotatable bonds is 4. The predicted molar refractivity (Wildman–Crippen MR) is 118 cm³/mol. The van der Waals surface area contributed by atoms with E-state index in [-0.39, 0.29) is 24.0 Å². The van der Waals surface area contributed by atoms with E-state index >= 15 is 0 Å². The lowest BCUT2D eigenvalue weighted by Gasteiger charge is -2.57. The van der Waals surface area contributed by atoms with E-state index in [1.807, 2.05) is 7.05 Å². The quantitative estimate of drug-likeness (QED) is 0.386. The predicted octanol–water partition coefficient (Wildman–Crippen LogP) is 3.43. The summed E-state index contributed by atoms with van der Waals surface area (Å²) in [4.78, 5) is 10.4. The Morgan fingerprint density at radius 2 is 2.12 bits per heavy atom. The maximum Gasteiger partial charge on any atom is 0.191 e. The van der Waals surface area contributed by atoms with E-state index in [1.54, 1.807) is 11.3 Å². The molecule has 3 fully saturated rings. The van der Waals surface area contributed by atoms with Gasteiger partial charge in [0.05, 0.1) is 16.8 Å². The van der Waals surface area contributed by atoms with Crippen molar-refractivity contribution >= 4 is 41.3 Å². The largest absolute Gasteiger partial charge is 0.377 e. The summed E-state index contributed by atoms with van der Waals surface area (Å²) in [6, 6.07) is 0.526. The number of hydrogen-bond donors (Lipinski definition) is 2. The molecule has 5 nitrogen and oxygen atoms in total. The van der Waals surface area contributed by atoms with Gasteiger partial charge in [-0.1, -0.05) is 12.8 Å². The van der Waals surface area contributed by atoms with Gasteiger partial charge in [-0.05, 0) is 33.1 Å². The van der Waals surface area contributed by atoms with E-state index < -0.39 is 0 Å². The van der Waals surface area contributed by atoms with Crippen molar-refractivity contribution < 1.29 is 4.74 Å². The van der Waals surface area contributed by atoms with Crippen LogP contribution in [0.25, 0.3) is 0 Å². The zero-order valence-electron chi connectivity index (χ0n) is 16.0. The van der Waals surface area contributed by atoms with Crippen LogP contribution in [0.3, 0.4) is 0 Å². The highest BCUT2D eigenvalue weighted by Gasteiger charge is 2.65.